The van der Waals surface area contributed by atoms with Gasteiger partial charge in [-0.15, -0.1) is 0 Å². The Balaban J connectivity index is 1.87. The molecular weight excluding hydrogens is 383 g/mol. The first kappa shape index (κ1) is 17.7. The Morgan fingerprint density at radius 3 is 2.44 bits per heavy atom. The maximum atomic E-state index is 13.3. The number of benzene rings is 3. The van der Waals surface area contributed by atoms with Crippen LogP contribution in [-0.4, -0.2) is 13.0 Å². The molecule has 27 heavy (non-hydrogen) atoms. The van der Waals surface area contributed by atoms with Crippen LogP contribution in [0.1, 0.15) is 22.1 Å². The van der Waals surface area contributed by atoms with Crippen LogP contribution in [0.2, 0.25) is 10.0 Å². The fourth-order valence-electron chi connectivity index (χ4n) is 3.21. The van der Waals surface area contributed by atoms with Crippen molar-refractivity contribution in [3.8, 4) is 5.75 Å². The summed E-state index contributed by atoms with van der Waals surface area (Å²) in [6, 6.07) is 20.2. The standard InChI is InChI=1S/C21H16Cl2N2O2/c1-27-14-11-9-13(10-12-14)25-20(16-6-4-7-17(22)19(16)23)24-18-8-3-2-5-15(18)21(25)26/h2-12,20,24H,1H3/t20-/m0/s1. The first-order valence-electron chi connectivity index (χ1n) is 8.37. The van der Waals surface area contributed by atoms with Gasteiger partial charge in [0, 0.05) is 16.9 Å². The van der Waals surface area contributed by atoms with Gasteiger partial charge < -0.3 is 10.1 Å². The number of hydrogen-bond donors (Lipinski definition) is 1. The van der Waals surface area contributed by atoms with Crippen molar-refractivity contribution in [2.45, 2.75) is 6.17 Å². The molecule has 0 unspecified atom stereocenters. The minimum atomic E-state index is -0.494. The molecule has 0 radical (unpaired) electrons. The smallest absolute Gasteiger partial charge is 0.262 e. The number of carbonyl (C=O) groups is 1. The average molecular weight is 399 g/mol. The number of ether oxygens (including phenoxy) is 1. The first-order chi connectivity index (χ1) is 13.1. The summed E-state index contributed by atoms with van der Waals surface area (Å²) in [5.74, 6) is 0.601. The highest BCUT2D eigenvalue weighted by molar-refractivity contribution is 6.42. The summed E-state index contributed by atoms with van der Waals surface area (Å²) in [6.07, 6.45) is -0.494. The summed E-state index contributed by atoms with van der Waals surface area (Å²) in [4.78, 5) is 15.0. The molecule has 0 aromatic heterocycles. The third kappa shape index (κ3) is 3.11. The number of fused-ring (bicyclic) bond motifs is 1. The van der Waals surface area contributed by atoms with Gasteiger partial charge in [0.2, 0.25) is 0 Å². The van der Waals surface area contributed by atoms with E-state index in [2.05, 4.69) is 5.32 Å². The molecule has 1 heterocycles. The van der Waals surface area contributed by atoms with Gasteiger partial charge in [-0.1, -0.05) is 47.5 Å². The quantitative estimate of drug-likeness (QED) is 0.608. The van der Waals surface area contributed by atoms with E-state index >= 15 is 0 Å². The average Bonchev–Trinajstić information content (AvgIpc) is 2.70. The number of halogens is 2. The normalized spacial score (nSPS) is 15.9. The second-order valence-electron chi connectivity index (χ2n) is 6.11. The molecule has 1 N–H and O–H groups in total. The topological polar surface area (TPSA) is 41.6 Å². The number of rotatable bonds is 3. The van der Waals surface area contributed by atoms with E-state index in [-0.39, 0.29) is 5.91 Å². The monoisotopic (exact) mass is 398 g/mol. The molecule has 0 bridgehead atoms. The summed E-state index contributed by atoms with van der Waals surface area (Å²) in [5.41, 5.74) is 2.81. The summed E-state index contributed by atoms with van der Waals surface area (Å²) in [5, 5.41) is 4.28. The number of para-hydroxylation sites is 1. The van der Waals surface area contributed by atoms with Crippen molar-refractivity contribution in [2.75, 3.05) is 17.3 Å². The van der Waals surface area contributed by atoms with Crippen LogP contribution in [0.25, 0.3) is 0 Å². The Hall–Kier alpha value is -2.69. The third-order valence-electron chi connectivity index (χ3n) is 4.55. The Labute approximate surface area is 167 Å². The Morgan fingerprint density at radius 1 is 0.963 bits per heavy atom. The molecule has 4 nitrogen and oxygen atoms in total. The van der Waals surface area contributed by atoms with E-state index in [0.717, 1.165) is 16.9 Å². The fourth-order valence-corrected chi connectivity index (χ4v) is 3.62. The van der Waals surface area contributed by atoms with E-state index in [4.69, 9.17) is 27.9 Å². The molecule has 4 rings (SSSR count). The van der Waals surface area contributed by atoms with E-state index in [1.165, 1.54) is 0 Å². The lowest BCUT2D eigenvalue weighted by Crippen LogP contribution is -2.43. The number of amides is 1. The van der Waals surface area contributed by atoms with Crippen molar-refractivity contribution in [2.24, 2.45) is 0 Å². The van der Waals surface area contributed by atoms with Crippen molar-refractivity contribution in [3.05, 3.63) is 87.9 Å². The minimum absolute atomic E-state index is 0.115. The summed E-state index contributed by atoms with van der Waals surface area (Å²) in [7, 11) is 1.60. The fraction of sp³-hybridized carbons (Fsp3) is 0.0952. The van der Waals surface area contributed by atoms with E-state index in [1.54, 1.807) is 24.1 Å². The van der Waals surface area contributed by atoms with Gasteiger partial charge >= 0.3 is 0 Å². The summed E-state index contributed by atoms with van der Waals surface area (Å²) >= 11 is 12.7. The lowest BCUT2D eigenvalue weighted by molar-refractivity contribution is 0.0975. The van der Waals surface area contributed by atoms with E-state index in [0.29, 0.717) is 21.4 Å². The number of hydrogen-bond acceptors (Lipinski definition) is 3. The molecule has 1 aliphatic heterocycles. The highest BCUT2D eigenvalue weighted by atomic mass is 35.5. The zero-order valence-corrected chi connectivity index (χ0v) is 16.0. The predicted molar refractivity (Wildman–Crippen MR) is 109 cm³/mol. The second-order valence-corrected chi connectivity index (χ2v) is 6.89. The van der Waals surface area contributed by atoms with Crippen LogP contribution in [0.3, 0.4) is 0 Å². The highest BCUT2D eigenvalue weighted by Gasteiger charge is 2.35. The molecule has 3 aromatic carbocycles. The van der Waals surface area contributed by atoms with Crippen molar-refractivity contribution in [1.82, 2.24) is 0 Å². The molecular formula is C21H16Cl2N2O2. The van der Waals surface area contributed by atoms with Crippen LogP contribution in [0.15, 0.2) is 66.7 Å². The van der Waals surface area contributed by atoms with Crippen molar-refractivity contribution < 1.29 is 9.53 Å². The van der Waals surface area contributed by atoms with Crippen LogP contribution in [-0.2, 0) is 0 Å². The Bertz CT molecular complexity index is 1010. The van der Waals surface area contributed by atoms with Gasteiger partial charge in [0.05, 0.1) is 22.7 Å². The largest absolute Gasteiger partial charge is 0.497 e. The molecule has 3 aromatic rings. The van der Waals surface area contributed by atoms with Gasteiger partial charge in [0.25, 0.3) is 5.91 Å². The van der Waals surface area contributed by atoms with Gasteiger partial charge in [-0.3, -0.25) is 9.69 Å². The number of anilines is 2. The van der Waals surface area contributed by atoms with Gasteiger partial charge in [-0.25, -0.2) is 0 Å². The van der Waals surface area contributed by atoms with Gasteiger partial charge in [-0.2, -0.15) is 0 Å². The third-order valence-corrected chi connectivity index (χ3v) is 5.39. The number of methoxy groups -OCH3 is 1. The lowest BCUT2D eigenvalue weighted by Gasteiger charge is -2.38. The van der Waals surface area contributed by atoms with Gasteiger partial charge in [0.1, 0.15) is 11.9 Å². The summed E-state index contributed by atoms with van der Waals surface area (Å²) < 4.78 is 5.23. The van der Waals surface area contributed by atoms with E-state index < -0.39 is 6.17 Å². The van der Waals surface area contributed by atoms with E-state index in [9.17, 15) is 4.79 Å². The minimum Gasteiger partial charge on any atom is -0.497 e. The zero-order chi connectivity index (χ0) is 19.0. The van der Waals surface area contributed by atoms with Crippen molar-refractivity contribution in [3.63, 3.8) is 0 Å². The Morgan fingerprint density at radius 2 is 1.70 bits per heavy atom. The molecule has 0 spiro atoms. The van der Waals surface area contributed by atoms with Gasteiger partial charge in [-0.05, 0) is 42.5 Å². The molecule has 0 saturated heterocycles. The Kier molecular flexibility index (Phi) is 4.68. The SMILES string of the molecule is COc1ccc(N2C(=O)c3ccccc3N[C@@H]2c2cccc(Cl)c2Cl)cc1. The van der Waals surface area contributed by atoms with Crippen LogP contribution in [0, 0.1) is 0 Å². The maximum absolute atomic E-state index is 13.3. The molecule has 136 valence electrons. The second kappa shape index (κ2) is 7.14. The highest BCUT2D eigenvalue weighted by Crippen LogP contribution is 2.40. The number of nitrogens with one attached hydrogen (secondary N) is 1. The molecule has 0 aliphatic carbocycles. The molecule has 1 atom stereocenters. The van der Waals surface area contributed by atoms with Gasteiger partial charge in [0.15, 0.2) is 0 Å². The molecule has 6 heteroatoms. The van der Waals surface area contributed by atoms with Crippen LogP contribution in [0.4, 0.5) is 11.4 Å². The zero-order valence-electron chi connectivity index (χ0n) is 14.4. The molecule has 0 saturated carbocycles. The van der Waals surface area contributed by atoms with Crippen molar-refractivity contribution in [1.29, 1.82) is 0 Å². The predicted octanol–water partition coefficient (Wildman–Crippen LogP) is 5.77. The molecule has 1 amide bonds. The van der Waals surface area contributed by atoms with Crippen LogP contribution >= 0.6 is 23.2 Å². The molecule has 1 aliphatic rings. The number of nitrogens with zero attached hydrogens (tertiary/aromatic N) is 1. The van der Waals surface area contributed by atoms with Crippen LogP contribution in [0.5, 0.6) is 5.75 Å². The first-order valence-corrected chi connectivity index (χ1v) is 9.13. The number of carbonyl (C=O) groups excluding carboxylic acids is 1. The lowest BCUT2D eigenvalue weighted by atomic mass is 10.0. The van der Waals surface area contributed by atoms with Crippen molar-refractivity contribution >= 4 is 40.5 Å². The summed E-state index contributed by atoms with van der Waals surface area (Å²) in [6.45, 7) is 0. The van der Waals surface area contributed by atoms with E-state index in [1.807, 2.05) is 54.6 Å². The molecule has 0 fully saturated rings. The van der Waals surface area contributed by atoms with Crippen LogP contribution < -0.4 is 15.0 Å². The maximum Gasteiger partial charge on any atom is 0.262 e.